The Morgan fingerprint density at radius 3 is 2.67 bits per heavy atom. The lowest BCUT2D eigenvalue weighted by molar-refractivity contribution is 0.315. The summed E-state index contributed by atoms with van der Waals surface area (Å²) in [7, 11) is 0. The molecule has 0 atom stereocenters. The molecule has 0 aromatic heterocycles. The minimum Gasteiger partial charge on any atom is -0.494 e. The largest absolute Gasteiger partial charge is 0.494 e. The van der Waals surface area contributed by atoms with E-state index in [4.69, 9.17) is 21.6 Å². The molecule has 0 heterocycles. The lowest BCUT2D eigenvalue weighted by Crippen LogP contribution is -2.08. The van der Waals surface area contributed by atoms with Crippen molar-refractivity contribution in [1.82, 2.24) is 0 Å². The van der Waals surface area contributed by atoms with Crippen molar-refractivity contribution in [3.05, 3.63) is 58.9 Å². The molecule has 0 bridgehead atoms. The highest BCUT2D eigenvalue weighted by atomic mass is 35.5. The highest BCUT2D eigenvalue weighted by Crippen LogP contribution is 2.19. The van der Waals surface area contributed by atoms with Crippen molar-refractivity contribution in [1.29, 1.82) is 5.26 Å². The molecule has 5 heteroatoms. The Labute approximate surface area is 127 Å². The molecule has 0 fully saturated rings. The number of nitrogens with zero attached hydrogens (tertiary/aromatic N) is 1. The average molecular weight is 305 g/mol. The Morgan fingerprint density at radius 2 is 1.95 bits per heavy atom. The molecule has 21 heavy (non-hydrogen) atoms. The van der Waals surface area contributed by atoms with Gasteiger partial charge in [-0.15, -0.1) is 0 Å². The summed E-state index contributed by atoms with van der Waals surface area (Å²) in [5.41, 5.74) is 0.987. The van der Waals surface area contributed by atoms with Gasteiger partial charge in [0.1, 0.15) is 11.6 Å². The zero-order valence-electron chi connectivity index (χ0n) is 11.3. The Kier molecular flexibility index (Phi) is 5.42. The van der Waals surface area contributed by atoms with Gasteiger partial charge < -0.3 is 10.1 Å². The molecule has 0 saturated heterocycles. The van der Waals surface area contributed by atoms with E-state index in [1.165, 1.54) is 12.1 Å². The molecule has 0 aliphatic rings. The predicted octanol–water partition coefficient (Wildman–Crippen LogP) is 4.23. The second kappa shape index (κ2) is 7.51. The Morgan fingerprint density at radius 1 is 1.19 bits per heavy atom. The highest BCUT2D eigenvalue weighted by Gasteiger charge is 2.02. The SMILES string of the molecule is N#Cc1ccc(OCCCNc2cc(Cl)ccc2F)cc1. The summed E-state index contributed by atoms with van der Waals surface area (Å²) in [6, 6.07) is 13.4. The Bertz CT molecular complexity index is 638. The second-order valence-electron chi connectivity index (χ2n) is 4.39. The van der Waals surface area contributed by atoms with E-state index in [1.807, 2.05) is 6.07 Å². The number of halogens is 2. The second-order valence-corrected chi connectivity index (χ2v) is 4.83. The lowest BCUT2D eigenvalue weighted by atomic mass is 10.2. The van der Waals surface area contributed by atoms with Crippen molar-refractivity contribution in [2.45, 2.75) is 6.42 Å². The van der Waals surface area contributed by atoms with Gasteiger partial charge >= 0.3 is 0 Å². The number of nitrogens with one attached hydrogen (secondary N) is 1. The van der Waals surface area contributed by atoms with Crippen molar-refractivity contribution in [3.8, 4) is 11.8 Å². The number of rotatable bonds is 6. The highest BCUT2D eigenvalue weighted by molar-refractivity contribution is 6.30. The van der Waals surface area contributed by atoms with Crippen LogP contribution in [0.1, 0.15) is 12.0 Å². The summed E-state index contributed by atoms with van der Waals surface area (Å²) in [6.45, 7) is 1.08. The first-order chi connectivity index (χ1) is 10.2. The molecule has 0 spiro atoms. The maximum Gasteiger partial charge on any atom is 0.146 e. The third-order valence-electron chi connectivity index (χ3n) is 2.82. The van der Waals surface area contributed by atoms with E-state index in [-0.39, 0.29) is 5.82 Å². The van der Waals surface area contributed by atoms with Crippen molar-refractivity contribution < 1.29 is 9.13 Å². The van der Waals surface area contributed by atoms with Crippen molar-refractivity contribution in [2.24, 2.45) is 0 Å². The van der Waals surface area contributed by atoms with Crippen LogP contribution in [0.4, 0.5) is 10.1 Å². The summed E-state index contributed by atoms with van der Waals surface area (Å²) >= 11 is 5.81. The maximum atomic E-state index is 13.4. The summed E-state index contributed by atoms with van der Waals surface area (Å²) in [6.07, 6.45) is 0.714. The first-order valence-electron chi connectivity index (χ1n) is 6.51. The molecule has 0 saturated carbocycles. The molecule has 2 rings (SSSR count). The summed E-state index contributed by atoms with van der Waals surface area (Å²) in [5.74, 6) is 0.385. The third kappa shape index (κ3) is 4.66. The van der Waals surface area contributed by atoms with E-state index in [9.17, 15) is 4.39 Å². The van der Waals surface area contributed by atoms with Crippen LogP contribution >= 0.6 is 11.6 Å². The maximum absolute atomic E-state index is 13.4. The number of hydrogen-bond acceptors (Lipinski definition) is 3. The van der Waals surface area contributed by atoms with Crippen LogP contribution < -0.4 is 10.1 Å². The molecule has 2 aromatic carbocycles. The van der Waals surface area contributed by atoms with Crippen LogP contribution in [0.5, 0.6) is 5.75 Å². The van der Waals surface area contributed by atoms with Gasteiger partial charge in [-0.25, -0.2) is 4.39 Å². The van der Waals surface area contributed by atoms with E-state index in [1.54, 1.807) is 30.3 Å². The van der Waals surface area contributed by atoms with Crippen LogP contribution in [0.15, 0.2) is 42.5 Å². The molecule has 2 aromatic rings. The zero-order valence-corrected chi connectivity index (χ0v) is 12.0. The van der Waals surface area contributed by atoms with E-state index in [0.29, 0.717) is 41.6 Å². The quantitative estimate of drug-likeness (QED) is 0.812. The van der Waals surface area contributed by atoms with Gasteiger partial charge in [0.05, 0.1) is 23.9 Å². The van der Waals surface area contributed by atoms with Gasteiger partial charge in [-0.05, 0) is 48.9 Å². The van der Waals surface area contributed by atoms with Crippen molar-refractivity contribution >= 4 is 17.3 Å². The molecule has 0 radical (unpaired) electrons. The summed E-state index contributed by atoms with van der Waals surface area (Å²) in [5, 5.41) is 12.2. The van der Waals surface area contributed by atoms with Gasteiger partial charge in [-0.3, -0.25) is 0 Å². The molecule has 3 nitrogen and oxygen atoms in total. The smallest absolute Gasteiger partial charge is 0.146 e. The van der Waals surface area contributed by atoms with Crippen LogP contribution in [0.3, 0.4) is 0 Å². The number of nitriles is 1. The summed E-state index contributed by atoms with van der Waals surface area (Å²) < 4.78 is 19.0. The van der Waals surface area contributed by atoms with Gasteiger partial charge in [-0.1, -0.05) is 11.6 Å². The van der Waals surface area contributed by atoms with Crippen LogP contribution in [0.2, 0.25) is 5.02 Å². The van der Waals surface area contributed by atoms with Gasteiger partial charge in [0.2, 0.25) is 0 Å². The van der Waals surface area contributed by atoms with Gasteiger partial charge in [-0.2, -0.15) is 5.26 Å². The molecule has 0 unspecified atom stereocenters. The lowest BCUT2D eigenvalue weighted by Gasteiger charge is -2.09. The molecule has 0 amide bonds. The predicted molar refractivity (Wildman–Crippen MR) is 81.2 cm³/mol. The zero-order chi connectivity index (χ0) is 15.1. The van der Waals surface area contributed by atoms with Gasteiger partial charge in [0.15, 0.2) is 0 Å². The standard InChI is InChI=1S/C16H14ClFN2O/c17-13-4-7-15(18)16(10-13)20-8-1-9-21-14-5-2-12(11-19)3-6-14/h2-7,10,20H,1,8-9H2. The van der Waals surface area contributed by atoms with E-state index in [2.05, 4.69) is 5.32 Å². The Hall–Kier alpha value is -2.25. The van der Waals surface area contributed by atoms with Crippen LogP contribution in [-0.4, -0.2) is 13.2 Å². The van der Waals surface area contributed by atoms with Crippen molar-refractivity contribution in [3.63, 3.8) is 0 Å². The van der Waals surface area contributed by atoms with Crippen LogP contribution in [0, 0.1) is 17.1 Å². The minimum absolute atomic E-state index is 0.326. The fourth-order valence-electron chi connectivity index (χ4n) is 1.74. The van der Waals surface area contributed by atoms with E-state index >= 15 is 0 Å². The topological polar surface area (TPSA) is 45.0 Å². The fraction of sp³-hybridized carbons (Fsp3) is 0.188. The number of hydrogen-bond donors (Lipinski definition) is 1. The van der Waals surface area contributed by atoms with Crippen LogP contribution in [-0.2, 0) is 0 Å². The van der Waals surface area contributed by atoms with E-state index < -0.39 is 0 Å². The fourth-order valence-corrected chi connectivity index (χ4v) is 1.92. The first-order valence-corrected chi connectivity index (χ1v) is 6.89. The monoisotopic (exact) mass is 304 g/mol. The number of benzene rings is 2. The van der Waals surface area contributed by atoms with Crippen molar-refractivity contribution in [2.75, 3.05) is 18.5 Å². The molecule has 0 aliphatic heterocycles. The Balaban J connectivity index is 1.72. The summed E-state index contributed by atoms with van der Waals surface area (Å²) in [4.78, 5) is 0. The third-order valence-corrected chi connectivity index (χ3v) is 3.05. The minimum atomic E-state index is -0.326. The molecular weight excluding hydrogens is 291 g/mol. The van der Waals surface area contributed by atoms with Crippen LogP contribution in [0.25, 0.3) is 0 Å². The van der Waals surface area contributed by atoms with E-state index in [0.717, 1.165) is 0 Å². The molecule has 108 valence electrons. The molecule has 0 aliphatic carbocycles. The van der Waals surface area contributed by atoms with Gasteiger partial charge in [0, 0.05) is 11.6 Å². The number of anilines is 1. The van der Waals surface area contributed by atoms with Gasteiger partial charge in [0.25, 0.3) is 0 Å². The number of ether oxygens (including phenoxy) is 1. The normalized spacial score (nSPS) is 9.95. The average Bonchev–Trinajstić information content (AvgIpc) is 2.51. The molecule has 1 N–H and O–H groups in total. The first kappa shape index (κ1) is 15.1. The molecular formula is C16H14ClFN2O.